The molecule has 0 saturated carbocycles. The van der Waals surface area contributed by atoms with Crippen molar-refractivity contribution in [1.82, 2.24) is 0 Å². The molecule has 0 radical (unpaired) electrons. The first kappa shape index (κ1) is 12.5. The molecule has 1 atom stereocenters. The molecule has 0 aliphatic rings. The van der Waals surface area contributed by atoms with Crippen molar-refractivity contribution in [2.45, 2.75) is 32.4 Å². The highest BCUT2D eigenvalue weighted by Crippen LogP contribution is 2.10. The molecule has 0 saturated heterocycles. The van der Waals surface area contributed by atoms with Gasteiger partial charge in [0.15, 0.2) is 0 Å². The van der Waals surface area contributed by atoms with E-state index < -0.39 is 0 Å². The van der Waals surface area contributed by atoms with E-state index in [0.29, 0.717) is 6.61 Å². The molecule has 2 nitrogen and oxygen atoms in total. The Balaban J connectivity index is 2.37. The van der Waals surface area contributed by atoms with Crippen LogP contribution < -0.4 is 5.73 Å². The van der Waals surface area contributed by atoms with Gasteiger partial charge in [0, 0.05) is 11.1 Å². The topological polar surface area (TPSA) is 35.2 Å². The van der Waals surface area contributed by atoms with Gasteiger partial charge in [0.25, 0.3) is 0 Å². The second kappa shape index (κ2) is 6.11. The molecule has 0 aromatic heterocycles. The molecule has 84 valence electrons. The van der Waals surface area contributed by atoms with Gasteiger partial charge in [-0.15, -0.1) is 0 Å². The Kier molecular flexibility index (Phi) is 5.09. The summed E-state index contributed by atoms with van der Waals surface area (Å²) in [7, 11) is 0. The van der Waals surface area contributed by atoms with Crippen LogP contribution >= 0.6 is 11.6 Å². The quantitative estimate of drug-likeness (QED) is 0.840. The molecule has 0 fully saturated rings. The minimum Gasteiger partial charge on any atom is -0.377 e. The first-order valence-corrected chi connectivity index (χ1v) is 5.57. The Labute approximate surface area is 96.4 Å². The van der Waals surface area contributed by atoms with E-state index in [9.17, 15) is 0 Å². The fourth-order valence-electron chi connectivity index (χ4n) is 1.30. The minimum atomic E-state index is 0.0496. The SMILES string of the molecule is CC(C)OCC(N)Cc1ccc(Cl)cc1. The fraction of sp³-hybridized carbons (Fsp3) is 0.500. The summed E-state index contributed by atoms with van der Waals surface area (Å²) in [5.74, 6) is 0. The summed E-state index contributed by atoms with van der Waals surface area (Å²) in [4.78, 5) is 0. The Morgan fingerprint density at radius 1 is 1.27 bits per heavy atom. The van der Waals surface area contributed by atoms with E-state index in [1.165, 1.54) is 5.56 Å². The van der Waals surface area contributed by atoms with Gasteiger partial charge in [0.1, 0.15) is 0 Å². The molecule has 0 heterocycles. The van der Waals surface area contributed by atoms with Crippen LogP contribution in [0, 0.1) is 0 Å². The van der Waals surface area contributed by atoms with Gasteiger partial charge < -0.3 is 10.5 Å². The molecular weight excluding hydrogens is 210 g/mol. The highest BCUT2D eigenvalue weighted by atomic mass is 35.5. The third-order valence-corrected chi connectivity index (χ3v) is 2.31. The maximum atomic E-state index is 5.93. The van der Waals surface area contributed by atoms with Crippen LogP contribution in [0.1, 0.15) is 19.4 Å². The second-order valence-corrected chi connectivity index (χ2v) is 4.41. The highest BCUT2D eigenvalue weighted by molar-refractivity contribution is 6.30. The van der Waals surface area contributed by atoms with Crippen LogP contribution in [0.15, 0.2) is 24.3 Å². The van der Waals surface area contributed by atoms with E-state index >= 15 is 0 Å². The van der Waals surface area contributed by atoms with Crippen LogP contribution in [0.25, 0.3) is 0 Å². The molecule has 1 unspecified atom stereocenters. The molecule has 0 aliphatic heterocycles. The zero-order chi connectivity index (χ0) is 11.3. The molecule has 3 heteroatoms. The van der Waals surface area contributed by atoms with Crippen molar-refractivity contribution in [3.63, 3.8) is 0 Å². The monoisotopic (exact) mass is 227 g/mol. The van der Waals surface area contributed by atoms with E-state index in [1.54, 1.807) is 0 Å². The lowest BCUT2D eigenvalue weighted by Crippen LogP contribution is -2.29. The Bertz CT molecular complexity index is 284. The van der Waals surface area contributed by atoms with Crippen molar-refractivity contribution < 1.29 is 4.74 Å². The zero-order valence-electron chi connectivity index (χ0n) is 9.24. The number of ether oxygens (including phenoxy) is 1. The van der Waals surface area contributed by atoms with Crippen LogP contribution in [-0.4, -0.2) is 18.8 Å². The third-order valence-electron chi connectivity index (χ3n) is 2.05. The maximum Gasteiger partial charge on any atom is 0.0624 e. The molecular formula is C12H18ClNO. The molecule has 1 rings (SSSR count). The Hall–Kier alpha value is -0.570. The number of halogens is 1. The fourth-order valence-corrected chi connectivity index (χ4v) is 1.42. The number of rotatable bonds is 5. The molecule has 0 amide bonds. The Morgan fingerprint density at radius 2 is 1.87 bits per heavy atom. The lowest BCUT2D eigenvalue weighted by Gasteiger charge is -2.14. The van der Waals surface area contributed by atoms with E-state index in [4.69, 9.17) is 22.1 Å². The van der Waals surface area contributed by atoms with Gasteiger partial charge in [-0.05, 0) is 38.0 Å². The van der Waals surface area contributed by atoms with Crippen molar-refractivity contribution in [2.24, 2.45) is 5.73 Å². The molecule has 2 N–H and O–H groups in total. The van der Waals surface area contributed by atoms with Gasteiger partial charge in [0.05, 0.1) is 12.7 Å². The average molecular weight is 228 g/mol. The van der Waals surface area contributed by atoms with Gasteiger partial charge in [-0.2, -0.15) is 0 Å². The lowest BCUT2D eigenvalue weighted by atomic mass is 10.1. The highest BCUT2D eigenvalue weighted by Gasteiger charge is 2.05. The number of hydrogen-bond acceptors (Lipinski definition) is 2. The van der Waals surface area contributed by atoms with Gasteiger partial charge >= 0.3 is 0 Å². The van der Waals surface area contributed by atoms with Gasteiger partial charge in [-0.25, -0.2) is 0 Å². The van der Waals surface area contributed by atoms with Gasteiger partial charge in [-0.1, -0.05) is 23.7 Å². The summed E-state index contributed by atoms with van der Waals surface area (Å²) >= 11 is 5.79. The third kappa shape index (κ3) is 5.17. The number of hydrogen-bond donors (Lipinski definition) is 1. The van der Waals surface area contributed by atoms with Crippen LogP contribution in [0.4, 0.5) is 0 Å². The smallest absolute Gasteiger partial charge is 0.0624 e. The van der Waals surface area contributed by atoms with Crippen LogP contribution in [-0.2, 0) is 11.2 Å². The summed E-state index contributed by atoms with van der Waals surface area (Å²) in [5.41, 5.74) is 7.13. The normalized spacial score (nSPS) is 13.1. The molecule has 1 aromatic rings. The van der Waals surface area contributed by atoms with Crippen molar-refractivity contribution >= 4 is 11.6 Å². The predicted molar refractivity (Wildman–Crippen MR) is 64.2 cm³/mol. The molecule has 0 aliphatic carbocycles. The maximum absolute atomic E-state index is 5.93. The predicted octanol–water partition coefficient (Wildman–Crippen LogP) is 2.63. The molecule has 15 heavy (non-hydrogen) atoms. The molecule has 0 bridgehead atoms. The van der Waals surface area contributed by atoms with E-state index in [2.05, 4.69) is 0 Å². The number of benzene rings is 1. The molecule has 1 aromatic carbocycles. The summed E-state index contributed by atoms with van der Waals surface area (Å²) in [5, 5.41) is 0.755. The average Bonchev–Trinajstić information content (AvgIpc) is 2.19. The van der Waals surface area contributed by atoms with E-state index in [0.717, 1.165) is 11.4 Å². The van der Waals surface area contributed by atoms with Crippen LogP contribution in [0.2, 0.25) is 5.02 Å². The van der Waals surface area contributed by atoms with Gasteiger partial charge in [0.2, 0.25) is 0 Å². The van der Waals surface area contributed by atoms with Crippen molar-refractivity contribution in [2.75, 3.05) is 6.61 Å². The number of nitrogens with two attached hydrogens (primary N) is 1. The summed E-state index contributed by atoms with van der Waals surface area (Å²) in [6.07, 6.45) is 1.06. The largest absolute Gasteiger partial charge is 0.377 e. The van der Waals surface area contributed by atoms with Crippen LogP contribution in [0.5, 0.6) is 0 Å². The van der Waals surface area contributed by atoms with E-state index in [1.807, 2.05) is 38.1 Å². The standard InChI is InChI=1S/C12H18ClNO/c1-9(2)15-8-12(14)7-10-3-5-11(13)6-4-10/h3-6,9,12H,7-8,14H2,1-2H3. The second-order valence-electron chi connectivity index (χ2n) is 3.97. The lowest BCUT2D eigenvalue weighted by molar-refractivity contribution is 0.0684. The summed E-state index contributed by atoms with van der Waals surface area (Å²) < 4.78 is 5.45. The first-order chi connectivity index (χ1) is 7.08. The zero-order valence-corrected chi connectivity index (χ0v) is 10.00. The molecule has 0 spiro atoms. The van der Waals surface area contributed by atoms with Crippen LogP contribution in [0.3, 0.4) is 0 Å². The first-order valence-electron chi connectivity index (χ1n) is 5.19. The minimum absolute atomic E-state index is 0.0496. The van der Waals surface area contributed by atoms with Crippen molar-refractivity contribution in [3.8, 4) is 0 Å². The van der Waals surface area contributed by atoms with Crippen molar-refractivity contribution in [1.29, 1.82) is 0 Å². The summed E-state index contributed by atoms with van der Waals surface area (Å²) in [6.45, 7) is 4.62. The van der Waals surface area contributed by atoms with E-state index in [-0.39, 0.29) is 12.1 Å². The Morgan fingerprint density at radius 3 is 2.40 bits per heavy atom. The van der Waals surface area contributed by atoms with Gasteiger partial charge in [-0.3, -0.25) is 0 Å². The summed E-state index contributed by atoms with van der Waals surface area (Å²) in [6, 6.07) is 7.81. The van der Waals surface area contributed by atoms with Crippen molar-refractivity contribution in [3.05, 3.63) is 34.9 Å².